The molecule has 0 unspecified atom stereocenters. The van der Waals surface area contributed by atoms with Crippen LogP contribution in [0.1, 0.15) is 0 Å². The summed E-state index contributed by atoms with van der Waals surface area (Å²) in [7, 11) is 0. The summed E-state index contributed by atoms with van der Waals surface area (Å²) in [5.74, 6) is 0.201. The van der Waals surface area contributed by atoms with Crippen LogP contribution >= 0.6 is 0 Å². The Bertz CT molecular complexity index is 579. The number of phenolic OH excluding ortho intramolecular Hbond substituents is 1. The van der Waals surface area contributed by atoms with E-state index in [2.05, 4.69) is 0 Å². The second-order valence-corrected chi connectivity index (χ2v) is 4.76. The van der Waals surface area contributed by atoms with Crippen molar-refractivity contribution in [1.29, 1.82) is 0 Å². The second-order valence-electron chi connectivity index (χ2n) is 4.76. The highest BCUT2D eigenvalue weighted by atomic mass is 16.3. The number of nitrogens with zero attached hydrogens (tertiary/aromatic N) is 1. The Kier molecular flexibility index (Phi) is 5.03. The van der Waals surface area contributed by atoms with Crippen LogP contribution in [0.2, 0.25) is 0 Å². The molecule has 5 heteroatoms. The zero-order valence-electron chi connectivity index (χ0n) is 11.7. The Morgan fingerprint density at radius 3 is 2.10 bits per heavy atom. The van der Waals surface area contributed by atoms with Crippen LogP contribution in [-0.2, 0) is 0 Å². The molecule has 0 saturated carbocycles. The number of aliphatic hydroxyl groups is 2. The normalized spacial score (nSPS) is 10.6. The van der Waals surface area contributed by atoms with Gasteiger partial charge >= 0.3 is 0 Å². The van der Waals surface area contributed by atoms with Gasteiger partial charge in [-0.05, 0) is 35.9 Å². The van der Waals surface area contributed by atoms with E-state index in [9.17, 15) is 15.3 Å². The van der Waals surface area contributed by atoms with Crippen molar-refractivity contribution in [3.05, 3.63) is 42.5 Å². The molecule has 2 rings (SSSR count). The van der Waals surface area contributed by atoms with E-state index in [4.69, 9.17) is 5.73 Å². The van der Waals surface area contributed by atoms with E-state index < -0.39 is 0 Å². The molecule has 0 aliphatic heterocycles. The van der Waals surface area contributed by atoms with Gasteiger partial charge in [0.15, 0.2) is 0 Å². The van der Waals surface area contributed by atoms with Crippen LogP contribution in [0.25, 0.3) is 11.1 Å². The van der Waals surface area contributed by atoms with Crippen LogP contribution < -0.4 is 10.6 Å². The molecule has 0 fully saturated rings. The van der Waals surface area contributed by atoms with E-state index in [1.807, 2.05) is 29.2 Å². The van der Waals surface area contributed by atoms with Crippen molar-refractivity contribution in [2.24, 2.45) is 0 Å². The van der Waals surface area contributed by atoms with Gasteiger partial charge in [0.05, 0.1) is 13.2 Å². The minimum atomic E-state index is -0.000601. The van der Waals surface area contributed by atoms with Crippen molar-refractivity contribution in [2.45, 2.75) is 0 Å². The molecule has 0 aliphatic rings. The molecule has 0 aliphatic carbocycles. The van der Waals surface area contributed by atoms with Crippen LogP contribution in [-0.4, -0.2) is 41.6 Å². The molecule has 0 heterocycles. The third-order valence-electron chi connectivity index (χ3n) is 3.28. The van der Waals surface area contributed by atoms with Gasteiger partial charge in [-0.3, -0.25) is 0 Å². The number of benzene rings is 2. The number of anilines is 2. The van der Waals surface area contributed by atoms with Crippen molar-refractivity contribution in [3.63, 3.8) is 0 Å². The van der Waals surface area contributed by atoms with Gasteiger partial charge in [-0.15, -0.1) is 0 Å². The van der Waals surface area contributed by atoms with Crippen LogP contribution in [0.15, 0.2) is 42.5 Å². The molecule has 0 atom stereocenters. The number of rotatable bonds is 6. The van der Waals surface area contributed by atoms with Crippen molar-refractivity contribution >= 4 is 11.4 Å². The molecule has 0 spiro atoms. The lowest BCUT2D eigenvalue weighted by atomic mass is 10.0. The van der Waals surface area contributed by atoms with Gasteiger partial charge in [0.2, 0.25) is 0 Å². The van der Waals surface area contributed by atoms with Crippen LogP contribution in [0.5, 0.6) is 5.75 Å². The molecule has 0 aromatic heterocycles. The number of hydrogen-bond acceptors (Lipinski definition) is 5. The summed E-state index contributed by atoms with van der Waals surface area (Å²) < 4.78 is 0. The predicted molar refractivity (Wildman–Crippen MR) is 84.3 cm³/mol. The van der Waals surface area contributed by atoms with Gasteiger partial charge in [0.25, 0.3) is 0 Å². The molecule has 0 radical (unpaired) electrons. The number of nitrogen functional groups attached to an aromatic ring is 1. The third kappa shape index (κ3) is 3.65. The van der Waals surface area contributed by atoms with E-state index in [1.54, 1.807) is 18.2 Å². The van der Waals surface area contributed by atoms with Gasteiger partial charge in [-0.2, -0.15) is 0 Å². The fourth-order valence-corrected chi connectivity index (χ4v) is 2.30. The molecule has 5 N–H and O–H groups in total. The monoisotopic (exact) mass is 288 g/mol. The topological polar surface area (TPSA) is 90.0 Å². The van der Waals surface area contributed by atoms with Crippen molar-refractivity contribution < 1.29 is 15.3 Å². The van der Waals surface area contributed by atoms with Gasteiger partial charge in [0.1, 0.15) is 5.75 Å². The molecule has 2 aromatic rings. The lowest BCUT2D eigenvalue weighted by Gasteiger charge is -2.26. The van der Waals surface area contributed by atoms with E-state index in [-0.39, 0.29) is 19.0 Å². The SMILES string of the molecule is Nc1ccc(N(CCO)CCO)c(-c2ccc(O)cc2)c1. The molecule has 0 bridgehead atoms. The molecular weight excluding hydrogens is 268 g/mol. The van der Waals surface area contributed by atoms with E-state index >= 15 is 0 Å². The predicted octanol–water partition coefficient (Wildman–Crippen LogP) is 1.43. The standard InChI is InChI=1S/C16H20N2O3/c17-13-3-6-16(18(7-9-19)8-10-20)15(11-13)12-1-4-14(21)5-2-12/h1-6,11,19-21H,7-10,17H2. The lowest BCUT2D eigenvalue weighted by molar-refractivity contribution is 0.281. The van der Waals surface area contributed by atoms with E-state index in [0.717, 1.165) is 16.8 Å². The van der Waals surface area contributed by atoms with Gasteiger partial charge in [-0.1, -0.05) is 12.1 Å². The maximum Gasteiger partial charge on any atom is 0.115 e. The summed E-state index contributed by atoms with van der Waals surface area (Å²) in [5.41, 5.74) is 9.21. The Labute approximate surface area is 123 Å². The summed E-state index contributed by atoms with van der Waals surface area (Å²) in [4.78, 5) is 1.90. The average Bonchev–Trinajstić information content (AvgIpc) is 2.48. The Morgan fingerprint density at radius 2 is 1.52 bits per heavy atom. The first-order valence-corrected chi connectivity index (χ1v) is 6.81. The molecule has 21 heavy (non-hydrogen) atoms. The maximum absolute atomic E-state index is 9.40. The molecule has 2 aromatic carbocycles. The number of nitrogens with two attached hydrogens (primary N) is 1. The molecule has 112 valence electrons. The minimum Gasteiger partial charge on any atom is -0.508 e. The molecular formula is C16H20N2O3. The summed E-state index contributed by atoms with van der Waals surface area (Å²) in [6.45, 7) is 0.851. The maximum atomic E-state index is 9.40. The highest BCUT2D eigenvalue weighted by Crippen LogP contribution is 2.33. The number of aromatic hydroxyl groups is 1. The minimum absolute atomic E-state index is 0.000601. The first-order chi connectivity index (χ1) is 10.2. The summed E-state index contributed by atoms with van der Waals surface area (Å²) in [5, 5.41) is 27.8. The summed E-state index contributed by atoms with van der Waals surface area (Å²) in [6.07, 6.45) is 0. The average molecular weight is 288 g/mol. The first kappa shape index (κ1) is 15.2. The number of phenols is 1. The van der Waals surface area contributed by atoms with Crippen LogP contribution in [0.4, 0.5) is 11.4 Å². The second kappa shape index (κ2) is 6.97. The van der Waals surface area contributed by atoms with Gasteiger partial charge < -0.3 is 26.0 Å². The highest BCUT2D eigenvalue weighted by Gasteiger charge is 2.12. The Hall–Kier alpha value is -2.24. The van der Waals surface area contributed by atoms with E-state index in [0.29, 0.717) is 18.8 Å². The molecule has 0 saturated heterocycles. The quantitative estimate of drug-likeness (QED) is 0.604. The van der Waals surface area contributed by atoms with E-state index in [1.165, 1.54) is 0 Å². The first-order valence-electron chi connectivity index (χ1n) is 6.81. The lowest BCUT2D eigenvalue weighted by Crippen LogP contribution is -2.30. The third-order valence-corrected chi connectivity index (χ3v) is 3.28. The fraction of sp³-hybridized carbons (Fsp3) is 0.250. The molecule has 0 amide bonds. The Balaban J connectivity index is 2.47. The zero-order chi connectivity index (χ0) is 15.2. The summed E-state index contributed by atoms with van der Waals surface area (Å²) >= 11 is 0. The zero-order valence-corrected chi connectivity index (χ0v) is 11.7. The fourth-order valence-electron chi connectivity index (χ4n) is 2.30. The van der Waals surface area contributed by atoms with Crippen molar-refractivity contribution in [3.8, 4) is 16.9 Å². The van der Waals surface area contributed by atoms with Crippen LogP contribution in [0, 0.1) is 0 Å². The van der Waals surface area contributed by atoms with Crippen molar-refractivity contribution in [2.75, 3.05) is 36.9 Å². The highest BCUT2D eigenvalue weighted by molar-refractivity contribution is 5.81. The van der Waals surface area contributed by atoms with Crippen LogP contribution in [0.3, 0.4) is 0 Å². The van der Waals surface area contributed by atoms with Gasteiger partial charge in [0, 0.05) is 30.0 Å². The van der Waals surface area contributed by atoms with Gasteiger partial charge in [-0.25, -0.2) is 0 Å². The largest absolute Gasteiger partial charge is 0.508 e. The molecule has 5 nitrogen and oxygen atoms in total. The Morgan fingerprint density at radius 1 is 0.905 bits per heavy atom. The smallest absolute Gasteiger partial charge is 0.115 e. The number of hydrogen-bond donors (Lipinski definition) is 4. The number of aliphatic hydroxyl groups excluding tert-OH is 2. The summed E-state index contributed by atoms with van der Waals surface area (Å²) in [6, 6.07) is 12.4. The van der Waals surface area contributed by atoms with Crippen molar-refractivity contribution in [1.82, 2.24) is 0 Å².